The van der Waals surface area contributed by atoms with Crippen LogP contribution in [-0.4, -0.2) is 44.0 Å². The molecule has 0 aromatic heterocycles. The average Bonchev–Trinajstić information content (AvgIpc) is 2.36. The van der Waals surface area contributed by atoms with Gasteiger partial charge in [0.25, 0.3) is 0 Å². The Morgan fingerprint density at radius 1 is 1.42 bits per heavy atom. The number of rotatable bonds is 7. The third kappa shape index (κ3) is 4.22. The Labute approximate surface area is 112 Å². The summed E-state index contributed by atoms with van der Waals surface area (Å²) in [6, 6.07) is 6.13. The molecular weight excluding hydrogens is 270 g/mol. The standard InChI is InChI=1S/C12H17NO5S/c1-3-18-10-5-4-6-11(9-10)19(16,17)13(2)8-7-12(14)15/h4-6,9H,3,7-8H2,1-2H3,(H,14,15). The topological polar surface area (TPSA) is 83.9 Å². The number of carboxylic acid groups (broad SMARTS) is 1. The number of nitrogens with zero attached hydrogens (tertiary/aromatic N) is 1. The minimum absolute atomic E-state index is 0.0729. The molecule has 7 heteroatoms. The number of aliphatic carboxylic acids is 1. The molecule has 1 rings (SSSR count). The summed E-state index contributed by atoms with van der Waals surface area (Å²) in [5.41, 5.74) is 0. The van der Waals surface area contributed by atoms with Gasteiger partial charge in [-0.25, -0.2) is 12.7 Å². The van der Waals surface area contributed by atoms with Crippen molar-refractivity contribution in [2.45, 2.75) is 18.2 Å². The van der Waals surface area contributed by atoms with Crippen molar-refractivity contribution in [1.82, 2.24) is 4.31 Å². The van der Waals surface area contributed by atoms with Crippen LogP contribution in [0, 0.1) is 0 Å². The minimum atomic E-state index is -3.69. The van der Waals surface area contributed by atoms with Crippen LogP contribution in [0.1, 0.15) is 13.3 Å². The molecule has 0 aliphatic rings. The lowest BCUT2D eigenvalue weighted by atomic mass is 10.3. The minimum Gasteiger partial charge on any atom is -0.494 e. The summed E-state index contributed by atoms with van der Waals surface area (Å²) in [6.07, 6.45) is -0.235. The first-order valence-corrected chi connectivity index (χ1v) is 7.23. The summed E-state index contributed by atoms with van der Waals surface area (Å²) in [5.74, 6) is -0.569. The predicted molar refractivity (Wildman–Crippen MR) is 69.7 cm³/mol. The normalized spacial score (nSPS) is 11.5. The molecule has 0 aliphatic carbocycles. The zero-order valence-electron chi connectivity index (χ0n) is 10.9. The van der Waals surface area contributed by atoms with Gasteiger partial charge >= 0.3 is 5.97 Å². The Kier molecular flexibility index (Phi) is 5.31. The predicted octanol–water partition coefficient (Wildman–Crippen LogP) is 1.18. The molecule has 0 saturated carbocycles. The van der Waals surface area contributed by atoms with Crippen LogP contribution in [0.25, 0.3) is 0 Å². The van der Waals surface area contributed by atoms with Crippen molar-refractivity contribution < 1.29 is 23.1 Å². The lowest BCUT2D eigenvalue weighted by Crippen LogP contribution is -2.29. The molecule has 0 bridgehead atoms. The molecule has 1 aromatic carbocycles. The largest absolute Gasteiger partial charge is 0.494 e. The van der Waals surface area contributed by atoms with E-state index in [4.69, 9.17) is 9.84 Å². The summed E-state index contributed by atoms with van der Waals surface area (Å²) in [7, 11) is -2.33. The molecule has 1 N–H and O–H groups in total. The Hall–Kier alpha value is -1.60. The first kappa shape index (κ1) is 15.5. The van der Waals surface area contributed by atoms with Crippen molar-refractivity contribution in [1.29, 1.82) is 0 Å². The first-order valence-electron chi connectivity index (χ1n) is 5.79. The van der Waals surface area contributed by atoms with E-state index in [0.29, 0.717) is 12.4 Å². The fourth-order valence-electron chi connectivity index (χ4n) is 1.44. The van der Waals surface area contributed by atoms with Gasteiger partial charge in [-0.2, -0.15) is 0 Å². The van der Waals surface area contributed by atoms with Crippen LogP contribution in [0.3, 0.4) is 0 Å². The maximum atomic E-state index is 12.2. The van der Waals surface area contributed by atoms with Gasteiger partial charge in [0.1, 0.15) is 5.75 Å². The van der Waals surface area contributed by atoms with E-state index >= 15 is 0 Å². The molecule has 0 fully saturated rings. The van der Waals surface area contributed by atoms with Crippen LogP contribution in [0.4, 0.5) is 0 Å². The molecule has 1 aromatic rings. The van der Waals surface area contributed by atoms with Gasteiger partial charge in [0.2, 0.25) is 10.0 Å². The van der Waals surface area contributed by atoms with Crippen molar-refractivity contribution in [3.05, 3.63) is 24.3 Å². The second-order valence-corrected chi connectivity index (χ2v) is 5.92. The van der Waals surface area contributed by atoms with Crippen LogP contribution in [-0.2, 0) is 14.8 Å². The van der Waals surface area contributed by atoms with Gasteiger partial charge in [-0.05, 0) is 19.1 Å². The highest BCUT2D eigenvalue weighted by Crippen LogP contribution is 2.20. The lowest BCUT2D eigenvalue weighted by Gasteiger charge is -2.16. The highest BCUT2D eigenvalue weighted by molar-refractivity contribution is 7.89. The zero-order chi connectivity index (χ0) is 14.5. The fourth-order valence-corrected chi connectivity index (χ4v) is 2.65. The van der Waals surface area contributed by atoms with Crippen molar-refractivity contribution in [3.63, 3.8) is 0 Å². The summed E-state index contributed by atoms with van der Waals surface area (Å²) in [5, 5.41) is 8.57. The average molecular weight is 287 g/mol. The summed E-state index contributed by atoms with van der Waals surface area (Å²) in [6.45, 7) is 2.18. The van der Waals surface area contributed by atoms with Crippen molar-refractivity contribution in [3.8, 4) is 5.75 Å². The molecule has 0 unspecified atom stereocenters. The van der Waals surface area contributed by atoms with Crippen LogP contribution in [0.5, 0.6) is 5.75 Å². The molecule has 106 valence electrons. The van der Waals surface area contributed by atoms with E-state index in [1.165, 1.54) is 19.2 Å². The number of carboxylic acids is 1. The Bertz CT molecular complexity index is 541. The second kappa shape index (κ2) is 6.53. The molecule has 0 atom stereocenters. The lowest BCUT2D eigenvalue weighted by molar-refractivity contribution is -0.137. The SMILES string of the molecule is CCOc1cccc(S(=O)(=O)N(C)CCC(=O)O)c1. The molecule has 0 spiro atoms. The van der Waals surface area contributed by atoms with Gasteiger partial charge in [-0.1, -0.05) is 6.07 Å². The number of hydrogen-bond acceptors (Lipinski definition) is 4. The molecule has 0 radical (unpaired) electrons. The summed E-state index contributed by atoms with van der Waals surface area (Å²) >= 11 is 0. The van der Waals surface area contributed by atoms with E-state index in [1.807, 2.05) is 0 Å². The Morgan fingerprint density at radius 3 is 2.68 bits per heavy atom. The van der Waals surface area contributed by atoms with Gasteiger partial charge in [0.15, 0.2) is 0 Å². The maximum Gasteiger partial charge on any atom is 0.304 e. The molecule has 19 heavy (non-hydrogen) atoms. The van der Waals surface area contributed by atoms with E-state index in [2.05, 4.69) is 0 Å². The van der Waals surface area contributed by atoms with Gasteiger partial charge in [-0.15, -0.1) is 0 Å². The van der Waals surface area contributed by atoms with Crippen LogP contribution >= 0.6 is 0 Å². The zero-order valence-corrected chi connectivity index (χ0v) is 11.7. The summed E-state index contributed by atoms with van der Waals surface area (Å²) < 4.78 is 30.6. The highest BCUT2D eigenvalue weighted by atomic mass is 32.2. The van der Waals surface area contributed by atoms with Gasteiger partial charge in [0, 0.05) is 19.7 Å². The molecule has 0 aliphatic heterocycles. The fraction of sp³-hybridized carbons (Fsp3) is 0.417. The van der Waals surface area contributed by atoms with E-state index in [9.17, 15) is 13.2 Å². The van der Waals surface area contributed by atoms with Crippen molar-refractivity contribution in [2.24, 2.45) is 0 Å². The van der Waals surface area contributed by atoms with E-state index in [-0.39, 0.29) is 17.9 Å². The quantitative estimate of drug-likeness (QED) is 0.814. The number of benzene rings is 1. The Morgan fingerprint density at radius 2 is 2.11 bits per heavy atom. The second-order valence-electron chi connectivity index (χ2n) is 3.88. The van der Waals surface area contributed by atoms with E-state index < -0.39 is 16.0 Å². The monoisotopic (exact) mass is 287 g/mol. The third-order valence-corrected chi connectivity index (χ3v) is 4.32. The number of carbonyl (C=O) groups is 1. The molecular formula is C12H17NO5S. The molecule has 0 heterocycles. The van der Waals surface area contributed by atoms with Crippen molar-refractivity contribution in [2.75, 3.05) is 20.2 Å². The third-order valence-electron chi connectivity index (χ3n) is 2.47. The molecule has 6 nitrogen and oxygen atoms in total. The molecule has 0 saturated heterocycles. The molecule has 0 amide bonds. The van der Waals surface area contributed by atoms with E-state index in [1.54, 1.807) is 19.1 Å². The van der Waals surface area contributed by atoms with Gasteiger partial charge in [0.05, 0.1) is 17.9 Å². The summed E-state index contributed by atoms with van der Waals surface area (Å²) in [4.78, 5) is 10.6. The number of sulfonamides is 1. The smallest absolute Gasteiger partial charge is 0.304 e. The highest BCUT2D eigenvalue weighted by Gasteiger charge is 2.21. The van der Waals surface area contributed by atoms with Crippen molar-refractivity contribution >= 4 is 16.0 Å². The number of hydrogen-bond donors (Lipinski definition) is 1. The van der Waals surface area contributed by atoms with E-state index in [0.717, 1.165) is 4.31 Å². The Balaban J connectivity index is 2.92. The number of ether oxygens (including phenoxy) is 1. The first-order chi connectivity index (χ1) is 8.87. The van der Waals surface area contributed by atoms with Gasteiger partial charge < -0.3 is 9.84 Å². The van der Waals surface area contributed by atoms with Crippen LogP contribution < -0.4 is 4.74 Å². The van der Waals surface area contributed by atoms with Crippen LogP contribution in [0.2, 0.25) is 0 Å². The van der Waals surface area contributed by atoms with Gasteiger partial charge in [-0.3, -0.25) is 4.79 Å². The van der Waals surface area contributed by atoms with Crippen LogP contribution in [0.15, 0.2) is 29.2 Å². The maximum absolute atomic E-state index is 12.2.